The number of benzene rings is 1. The monoisotopic (exact) mass is 346 g/mol. The second-order valence-corrected chi connectivity index (χ2v) is 7.02. The van der Waals surface area contributed by atoms with E-state index in [1.165, 1.54) is 25.9 Å². The Bertz CT molecular complexity index is 540. The summed E-state index contributed by atoms with van der Waals surface area (Å²) in [5.74, 6) is 0.968. The number of carbonyl (C=O) groups excluding carboxylic acids is 1. The maximum absolute atomic E-state index is 12.9. The molecule has 5 nitrogen and oxygen atoms in total. The predicted molar refractivity (Wildman–Crippen MR) is 98.2 cm³/mol. The standard InChI is InChI=1S/C20H30N2O3/c1-24-14-5-15-25-19-9-7-17(8-10-19)20(23)22-13-4-6-18(22)16-21-11-2-3-12-21/h7-10,18H,2-6,11-16H2,1H3. The molecule has 3 rings (SSSR count). The van der Waals surface area contributed by atoms with Gasteiger partial charge in [-0.1, -0.05) is 0 Å². The third-order valence-corrected chi connectivity index (χ3v) is 5.17. The highest BCUT2D eigenvalue weighted by Crippen LogP contribution is 2.23. The molecule has 0 aromatic heterocycles. The lowest BCUT2D eigenvalue weighted by atomic mass is 10.1. The lowest BCUT2D eigenvalue weighted by Gasteiger charge is -2.28. The second kappa shape index (κ2) is 9.20. The zero-order valence-corrected chi connectivity index (χ0v) is 15.3. The molecule has 2 aliphatic rings. The molecule has 1 amide bonds. The van der Waals surface area contributed by atoms with Gasteiger partial charge in [0.2, 0.25) is 0 Å². The number of carbonyl (C=O) groups is 1. The van der Waals surface area contributed by atoms with Crippen molar-refractivity contribution >= 4 is 5.91 Å². The zero-order valence-electron chi connectivity index (χ0n) is 15.3. The van der Waals surface area contributed by atoms with E-state index < -0.39 is 0 Å². The molecule has 2 aliphatic heterocycles. The van der Waals surface area contributed by atoms with Gasteiger partial charge in [-0.25, -0.2) is 0 Å². The highest BCUT2D eigenvalue weighted by atomic mass is 16.5. The van der Waals surface area contributed by atoms with Crippen LogP contribution in [0.1, 0.15) is 42.5 Å². The van der Waals surface area contributed by atoms with E-state index >= 15 is 0 Å². The Morgan fingerprint density at radius 2 is 1.84 bits per heavy atom. The fraction of sp³-hybridized carbons (Fsp3) is 0.650. The predicted octanol–water partition coefficient (Wildman–Crippen LogP) is 2.80. The van der Waals surface area contributed by atoms with Gasteiger partial charge in [0.05, 0.1) is 6.61 Å². The van der Waals surface area contributed by atoms with Gasteiger partial charge in [0, 0.05) is 44.8 Å². The molecule has 1 unspecified atom stereocenters. The lowest BCUT2D eigenvalue weighted by molar-refractivity contribution is 0.0708. The highest BCUT2D eigenvalue weighted by molar-refractivity contribution is 5.94. The van der Waals surface area contributed by atoms with Crippen molar-refractivity contribution < 1.29 is 14.3 Å². The summed E-state index contributed by atoms with van der Waals surface area (Å²) in [6.45, 7) is 5.62. The molecule has 5 heteroatoms. The summed E-state index contributed by atoms with van der Waals surface area (Å²) >= 11 is 0. The van der Waals surface area contributed by atoms with Crippen molar-refractivity contribution in [3.63, 3.8) is 0 Å². The van der Waals surface area contributed by atoms with Crippen LogP contribution < -0.4 is 4.74 Å². The maximum Gasteiger partial charge on any atom is 0.254 e. The molecule has 0 spiro atoms. The smallest absolute Gasteiger partial charge is 0.254 e. The molecule has 1 atom stereocenters. The van der Waals surface area contributed by atoms with Crippen molar-refractivity contribution in [3.8, 4) is 5.75 Å². The topological polar surface area (TPSA) is 42.0 Å². The Balaban J connectivity index is 1.54. The second-order valence-electron chi connectivity index (χ2n) is 7.02. The minimum atomic E-state index is 0.160. The number of ether oxygens (including phenoxy) is 2. The molecule has 2 heterocycles. The normalized spacial score (nSPS) is 21.0. The van der Waals surface area contributed by atoms with E-state index in [1.807, 2.05) is 24.3 Å². The van der Waals surface area contributed by atoms with Crippen LogP contribution in [0.4, 0.5) is 0 Å². The van der Waals surface area contributed by atoms with E-state index in [4.69, 9.17) is 9.47 Å². The Labute approximate surface area is 150 Å². The van der Waals surface area contributed by atoms with Gasteiger partial charge in [0.15, 0.2) is 0 Å². The third kappa shape index (κ3) is 4.95. The summed E-state index contributed by atoms with van der Waals surface area (Å²) in [5, 5.41) is 0. The molecule has 2 saturated heterocycles. The van der Waals surface area contributed by atoms with Crippen LogP contribution in [0.2, 0.25) is 0 Å². The molecule has 2 fully saturated rings. The van der Waals surface area contributed by atoms with Crippen LogP contribution in [0.15, 0.2) is 24.3 Å². The summed E-state index contributed by atoms with van der Waals surface area (Å²) in [7, 11) is 1.69. The molecule has 0 aliphatic carbocycles. The van der Waals surface area contributed by atoms with Crippen molar-refractivity contribution in [3.05, 3.63) is 29.8 Å². The van der Waals surface area contributed by atoms with Gasteiger partial charge in [-0.15, -0.1) is 0 Å². The quantitative estimate of drug-likeness (QED) is 0.679. The van der Waals surface area contributed by atoms with E-state index in [2.05, 4.69) is 9.80 Å². The van der Waals surface area contributed by atoms with Crippen molar-refractivity contribution in [2.45, 2.75) is 38.1 Å². The van der Waals surface area contributed by atoms with Crippen LogP contribution >= 0.6 is 0 Å². The van der Waals surface area contributed by atoms with Gasteiger partial charge in [-0.2, -0.15) is 0 Å². The highest BCUT2D eigenvalue weighted by Gasteiger charge is 2.31. The van der Waals surface area contributed by atoms with Crippen LogP contribution in [0.5, 0.6) is 5.75 Å². The van der Waals surface area contributed by atoms with Crippen molar-refractivity contribution in [1.29, 1.82) is 0 Å². The molecule has 0 saturated carbocycles. The summed E-state index contributed by atoms with van der Waals surface area (Å²) in [4.78, 5) is 17.5. The summed E-state index contributed by atoms with van der Waals surface area (Å²) in [6.07, 6.45) is 5.70. The van der Waals surface area contributed by atoms with Crippen LogP contribution in [-0.4, -0.2) is 68.3 Å². The van der Waals surface area contributed by atoms with Crippen LogP contribution in [0.3, 0.4) is 0 Å². The van der Waals surface area contributed by atoms with E-state index in [-0.39, 0.29) is 5.91 Å². The Kier molecular flexibility index (Phi) is 6.70. The van der Waals surface area contributed by atoms with Gasteiger partial charge >= 0.3 is 0 Å². The Morgan fingerprint density at radius 3 is 2.56 bits per heavy atom. The first-order valence-corrected chi connectivity index (χ1v) is 9.53. The molecular weight excluding hydrogens is 316 g/mol. The van der Waals surface area contributed by atoms with Gasteiger partial charge in [0.25, 0.3) is 5.91 Å². The van der Waals surface area contributed by atoms with Crippen molar-refractivity contribution in [2.75, 3.05) is 46.5 Å². The summed E-state index contributed by atoms with van der Waals surface area (Å²) in [6, 6.07) is 7.94. The third-order valence-electron chi connectivity index (χ3n) is 5.17. The van der Waals surface area contributed by atoms with E-state index in [9.17, 15) is 4.79 Å². The molecule has 25 heavy (non-hydrogen) atoms. The molecule has 1 aromatic carbocycles. The SMILES string of the molecule is COCCCOc1ccc(C(=O)N2CCCC2CN2CCCC2)cc1. The zero-order chi connectivity index (χ0) is 17.5. The van der Waals surface area contributed by atoms with E-state index in [1.54, 1.807) is 7.11 Å². The van der Waals surface area contributed by atoms with Gasteiger partial charge < -0.3 is 19.3 Å². The minimum Gasteiger partial charge on any atom is -0.494 e. The molecule has 0 bridgehead atoms. The van der Waals surface area contributed by atoms with Crippen LogP contribution in [-0.2, 0) is 4.74 Å². The van der Waals surface area contributed by atoms with Crippen molar-refractivity contribution in [2.24, 2.45) is 0 Å². The largest absolute Gasteiger partial charge is 0.494 e. The number of likely N-dealkylation sites (tertiary alicyclic amines) is 2. The average molecular weight is 346 g/mol. The molecule has 138 valence electrons. The molecule has 1 aromatic rings. The van der Waals surface area contributed by atoms with Crippen molar-refractivity contribution in [1.82, 2.24) is 9.80 Å². The number of amides is 1. The summed E-state index contributed by atoms with van der Waals surface area (Å²) < 4.78 is 10.7. The fourth-order valence-electron chi connectivity index (χ4n) is 3.81. The van der Waals surface area contributed by atoms with Gasteiger partial charge in [-0.05, 0) is 63.0 Å². The first-order chi connectivity index (χ1) is 12.3. The molecule has 0 N–H and O–H groups in total. The van der Waals surface area contributed by atoms with Crippen LogP contribution in [0.25, 0.3) is 0 Å². The molecular formula is C20H30N2O3. The first-order valence-electron chi connectivity index (χ1n) is 9.53. The number of hydrogen-bond donors (Lipinski definition) is 0. The van der Waals surface area contributed by atoms with Gasteiger partial charge in [0.1, 0.15) is 5.75 Å². The lowest BCUT2D eigenvalue weighted by Crippen LogP contribution is -2.42. The number of hydrogen-bond acceptors (Lipinski definition) is 4. The number of rotatable bonds is 8. The fourth-order valence-corrected chi connectivity index (χ4v) is 3.81. The van der Waals surface area contributed by atoms with Crippen LogP contribution in [0, 0.1) is 0 Å². The Morgan fingerprint density at radius 1 is 1.08 bits per heavy atom. The van der Waals surface area contributed by atoms with E-state index in [0.29, 0.717) is 19.3 Å². The maximum atomic E-state index is 12.9. The number of nitrogens with zero attached hydrogens (tertiary/aromatic N) is 2. The Hall–Kier alpha value is -1.59. The minimum absolute atomic E-state index is 0.160. The average Bonchev–Trinajstić information content (AvgIpc) is 3.31. The first kappa shape index (κ1) is 18.2. The molecule has 0 radical (unpaired) electrons. The van der Waals surface area contributed by atoms with Gasteiger partial charge in [-0.3, -0.25) is 4.79 Å². The summed E-state index contributed by atoms with van der Waals surface area (Å²) in [5.41, 5.74) is 0.762. The van der Waals surface area contributed by atoms with E-state index in [0.717, 1.165) is 43.7 Å². The number of methoxy groups -OCH3 is 1.